The van der Waals surface area contributed by atoms with E-state index in [1.807, 2.05) is 32.0 Å². The van der Waals surface area contributed by atoms with Gasteiger partial charge in [-0.05, 0) is 38.1 Å². The third-order valence-electron chi connectivity index (χ3n) is 4.58. The number of carbonyl (C=O) groups excluding carboxylic acids is 1. The molecule has 0 spiro atoms. The molecule has 8 nitrogen and oxygen atoms in total. The highest BCUT2D eigenvalue weighted by molar-refractivity contribution is 6.31. The van der Waals surface area contributed by atoms with E-state index in [0.29, 0.717) is 27.9 Å². The van der Waals surface area contributed by atoms with Crippen molar-refractivity contribution >= 4 is 17.5 Å². The van der Waals surface area contributed by atoms with Crippen molar-refractivity contribution in [2.45, 2.75) is 39.3 Å². The molecule has 0 aliphatic carbocycles. The molecule has 9 heteroatoms. The summed E-state index contributed by atoms with van der Waals surface area (Å²) in [4.78, 5) is 26.9. The number of aryl methyl sites for hydroxylation is 1. The number of H-pyrrole nitrogens is 1. The van der Waals surface area contributed by atoms with Crippen molar-refractivity contribution in [1.29, 1.82) is 0 Å². The van der Waals surface area contributed by atoms with E-state index in [2.05, 4.69) is 20.5 Å². The summed E-state index contributed by atoms with van der Waals surface area (Å²) in [6.45, 7) is 4.03. The molecule has 0 saturated carbocycles. The Morgan fingerprint density at radius 2 is 1.94 bits per heavy atom. The molecule has 0 unspecified atom stereocenters. The quantitative estimate of drug-likeness (QED) is 0.510. The Balaban J connectivity index is 1.72. The Labute approximate surface area is 190 Å². The first kappa shape index (κ1) is 23.3. The van der Waals surface area contributed by atoms with Gasteiger partial charge in [-0.25, -0.2) is 0 Å². The molecule has 32 heavy (non-hydrogen) atoms. The molecular weight excluding hydrogens is 432 g/mol. The first-order valence-corrected chi connectivity index (χ1v) is 10.5. The van der Waals surface area contributed by atoms with E-state index in [1.54, 1.807) is 24.3 Å². The fourth-order valence-corrected chi connectivity index (χ4v) is 3.18. The van der Waals surface area contributed by atoms with Gasteiger partial charge in [0.05, 0.1) is 7.11 Å². The number of carbonyl (C=O) groups is 1. The smallest absolute Gasteiger partial charge is 0.273 e. The zero-order chi connectivity index (χ0) is 23.1. The van der Waals surface area contributed by atoms with Crippen molar-refractivity contribution in [2.75, 3.05) is 7.11 Å². The summed E-state index contributed by atoms with van der Waals surface area (Å²) >= 11 is 6.18. The van der Waals surface area contributed by atoms with Crippen molar-refractivity contribution in [2.24, 2.45) is 0 Å². The number of halogens is 1. The third kappa shape index (κ3) is 6.07. The summed E-state index contributed by atoms with van der Waals surface area (Å²) < 4.78 is 11.3. The van der Waals surface area contributed by atoms with Gasteiger partial charge in [0.15, 0.2) is 17.3 Å². The molecule has 0 bridgehead atoms. The average Bonchev–Trinajstić information content (AvgIpc) is 2.77. The molecule has 2 aromatic carbocycles. The SMILES string of the molecule is COc1cc(-c2nnc(CCC(=O)NC(C)C)c(=O)[nH]2)ccc1OCc1ccccc1Cl. The molecule has 0 fully saturated rings. The van der Waals surface area contributed by atoms with Crippen molar-refractivity contribution in [3.05, 3.63) is 69.1 Å². The van der Waals surface area contributed by atoms with Crippen LogP contribution in [0.5, 0.6) is 11.5 Å². The molecule has 0 atom stereocenters. The minimum atomic E-state index is -0.384. The third-order valence-corrected chi connectivity index (χ3v) is 4.95. The van der Waals surface area contributed by atoms with E-state index in [0.717, 1.165) is 5.56 Å². The van der Waals surface area contributed by atoms with Crippen LogP contribution in [0.4, 0.5) is 0 Å². The Bertz CT molecular complexity index is 1150. The van der Waals surface area contributed by atoms with Crippen molar-refractivity contribution in [3.8, 4) is 22.9 Å². The molecule has 3 aromatic rings. The standard InChI is InChI=1S/C23H25ClN4O4/c1-14(2)25-21(29)11-9-18-23(30)26-22(28-27-18)15-8-10-19(20(12-15)31-3)32-13-16-6-4-5-7-17(16)24/h4-8,10,12,14H,9,11,13H2,1-3H3,(H,25,29)(H,26,28,30). The predicted octanol–water partition coefficient (Wildman–Crippen LogP) is 3.53. The molecule has 1 heterocycles. The number of benzene rings is 2. The van der Waals surface area contributed by atoms with E-state index in [4.69, 9.17) is 21.1 Å². The fraction of sp³-hybridized carbons (Fsp3) is 0.304. The van der Waals surface area contributed by atoms with Crippen LogP contribution in [0.3, 0.4) is 0 Å². The Kier molecular flexibility index (Phi) is 7.83. The number of aromatic amines is 1. The molecule has 0 radical (unpaired) electrons. The lowest BCUT2D eigenvalue weighted by Gasteiger charge is -2.13. The lowest BCUT2D eigenvalue weighted by Crippen LogP contribution is -2.31. The van der Waals surface area contributed by atoms with Gasteiger partial charge in [-0.15, -0.1) is 10.2 Å². The molecule has 168 valence electrons. The number of ether oxygens (including phenoxy) is 2. The maximum absolute atomic E-state index is 12.4. The Morgan fingerprint density at radius 1 is 1.16 bits per heavy atom. The maximum atomic E-state index is 12.4. The van der Waals surface area contributed by atoms with E-state index < -0.39 is 0 Å². The highest BCUT2D eigenvalue weighted by Gasteiger charge is 2.13. The maximum Gasteiger partial charge on any atom is 0.273 e. The fourth-order valence-electron chi connectivity index (χ4n) is 2.99. The number of amides is 1. The topological polar surface area (TPSA) is 106 Å². The Hall–Kier alpha value is -3.39. The largest absolute Gasteiger partial charge is 0.493 e. The number of nitrogens with zero attached hydrogens (tertiary/aromatic N) is 2. The van der Waals surface area contributed by atoms with Gasteiger partial charge < -0.3 is 19.8 Å². The number of aromatic nitrogens is 3. The van der Waals surface area contributed by atoms with Gasteiger partial charge in [0.2, 0.25) is 5.91 Å². The van der Waals surface area contributed by atoms with Crippen molar-refractivity contribution in [1.82, 2.24) is 20.5 Å². The summed E-state index contributed by atoms with van der Waals surface area (Å²) in [7, 11) is 1.53. The molecular formula is C23H25ClN4O4. The van der Waals surface area contributed by atoms with Crippen LogP contribution in [0.1, 0.15) is 31.5 Å². The van der Waals surface area contributed by atoms with E-state index in [1.165, 1.54) is 7.11 Å². The first-order chi connectivity index (χ1) is 15.4. The van der Waals surface area contributed by atoms with Gasteiger partial charge in [-0.3, -0.25) is 9.59 Å². The Morgan fingerprint density at radius 3 is 2.62 bits per heavy atom. The predicted molar refractivity (Wildman–Crippen MR) is 122 cm³/mol. The van der Waals surface area contributed by atoms with Crippen LogP contribution in [-0.4, -0.2) is 34.2 Å². The summed E-state index contributed by atoms with van der Waals surface area (Å²) in [5, 5.41) is 11.5. The first-order valence-electron chi connectivity index (χ1n) is 10.2. The highest BCUT2D eigenvalue weighted by Crippen LogP contribution is 2.32. The van der Waals surface area contributed by atoms with Crippen LogP contribution < -0.4 is 20.3 Å². The van der Waals surface area contributed by atoms with Crippen LogP contribution in [0.25, 0.3) is 11.4 Å². The van der Waals surface area contributed by atoms with Crippen LogP contribution in [-0.2, 0) is 17.8 Å². The summed E-state index contributed by atoms with van der Waals surface area (Å²) in [6, 6.07) is 12.7. The summed E-state index contributed by atoms with van der Waals surface area (Å²) in [5.41, 5.74) is 1.29. The molecule has 0 aliphatic heterocycles. The lowest BCUT2D eigenvalue weighted by atomic mass is 10.2. The van der Waals surface area contributed by atoms with Crippen molar-refractivity contribution in [3.63, 3.8) is 0 Å². The van der Waals surface area contributed by atoms with E-state index in [-0.39, 0.29) is 42.7 Å². The number of hydrogen-bond acceptors (Lipinski definition) is 6. The van der Waals surface area contributed by atoms with Crippen LogP contribution >= 0.6 is 11.6 Å². The lowest BCUT2D eigenvalue weighted by molar-refractivity contribution is -0.121. The van der Waals surface area contributed by atoms with E-state index >= 15 is 0 Å². The molecule has 0 saturated heterocycles. The van der Waals surface area contributed by atoms with Crippen LogP contribution in [0.15, 0.2) is 47.3 Å². The minimum absolute atomic E-state index is 0.0425. The summed E-state index contributed by atoms with van der Waals surface area (Å²) in [5.74, 6) is 1.16. The van der Waals surface area contributed by atoms with Gasteiger partial charge in [-0.1, -0.05) is 29.8 Å². The van der Waals surface area contributed by atoms with Crippen LogP contribution in [0.2, 0.25) is 5.02 Å². The average molecular weight is 457 g/mol. The molecule has 3 rings (SSSR count). The monoisotopic (exact) mass is 456 g/mol. The molecule has 0 aliphatic rings. The van der Waals surface area contributed by atoms with Gasteiger partial charge in [0.25, 0.3) is 5.56 Å². The molecule has 1 aromatic heterocycles. The summed E-state index contributed by atoms with van der Waals surface area (Å²) in [6.07, 6.45) is 0.375. The molecule has 2 N–H and O–H groups in total. The van der Waals surface area contributed by atoms with Gasteiger partial charge in [-0.2, -0.15) is 0 Å². The minimum Gasteiger partial charge on any atom is -0.493 e. The number of rotatable bonds is 9. The zero-order valence-corrected chi connectivity index (χ0v) is 18.9. The van der Waals surface area contributed by atoms with E-state index in [9.17, 15) is 9.59 Å². The van der Waals surface area contributed by atoms with Crippen LogP contribution in [0, 0.1) is 0 Å². The second-order valence-electron chi connectivity index (χ2n) is 7.42. The normalized spacial score (nSPS) is 10.8. The van der Waals surface area contributed by atoms with Crippen molar-refractivity contribution < 1.29 is 14.3 Å². The number of hydrogen-bond donors (Lipinski definition) is 2. The zero-order valence-electron chi connectivity index (χ0n) is 18.1. The van der Waals surface area contributed by atoms with Gasteiger partial charge in [0.1, 0.15) is 12.3 Å². The highest BCUT2D eigenvalue weighted by atomic mass is 35.5. The molecule has 1 amide bonds. The second kappa shape index (κ2) is 10.8. The second-order valence-corrected chi connectivity index (χ2v) is 7.82. The number of nitrogens with one attached hydrogen (secondary N) is 2. The van der Waals surface area contributed by atoms with Gasteiger partial charge >= 0.3 is 0 Å². The number of methoxy groups -OCH3 is 1. The van der Waals surface area contributed by atoms with Gasteiger partial charge in [0, 0.05) is 35.0 Å².